The van der Waals surface area contributed by atoms with Crippen LogP contribution >= 0.6 is 11.8 Å². The minimum Gasteiger partial charge on any atom is -0.288 e. The molecule has 1 aliphatic rings. The number of carbonyl (C=O) groups is 1. The van der Waals surface area contributed by atoms with Crippen LogP contribution in [0, 0.1) is 12.7 Å². The van der Waals surface area contributed by atoms with E-state index in [9.17, 15) is 14.0 Å². The maximum Gasteiger partial charge on any atom is 0.295 e. The Morgan fingerprint density at radius 1 is 1.04 bits per heavy atom. The van der Waals surface area contributed by atoms with Gasteiger partial charge >= 0.3 is 0 Å². The Balaban J connectivity index is 1.86. The Labute approximate surface area is 160 Å². The van der Waals surface area contributed by atoms with Crippen molar-refractivity contribution in [2.45, 2.75) is 12.3 Å². The highest BCUT2D eigenvalue weighted by Crippen LogP contribution is 2.41. The van der Waals surface area contributed by atoms with Gasteiger partial charge in [-0.15, -0.1) is 11.8 Å². The number of para-hydroxylation sites is 1. The maximum absolute atomic E-state index is 13.3. The molecular formula is C20H18FN3O2S. The minimum absolute atomic E-state index is 0.125. The van der Waals surface area contributed by atoms with Gasteiger partial charge in [0, 0.05) is 7.05 Å². The molecule has 0 aliphatic carbocycles. The van der Waals surface area contributed by atoms with Gasteiger partial charge < -0.3 is 0 Å². The van der Waals surface area contributed by atoms with Crippen LogP contribution in [0.15, 0.2) is 59.4 Å². The second kappa shape index (κ2) is 6.74. The van der Waals surface area contributed by atoms with Gasteiger partial charge in [-0.2, -0.15) is 0 Å². The van der Waals surface area contributed by atoms with E-state index >= 15 is 0 Å². The third-order valence-corrected chi connectivity index (χ3v) is 6.00. The van der Waals surface area contributed by atoms with E-state index in [4.69, 9.17) is 0 Å². The van der Waals surface area contributed by atoms with Crippen LogP contribution in [0.1, 0.15) is 16.6 Å². The number of thioether (sulfide) groups is 1. The monoisotopic (exact) mass is 383 g/mol. The summed E-state index contributed by atoms with van der Waals surface area (Å²) in [6.07, 6.45) is 0. The summed E-state index contributed by atoms with van der Waals surface area (Å²) in [4.78, 5) is 27.5. The van der Waals surface area contributed by atoms with Crippen LogP contribution in [-0.2, 0) is 11.8 Å². The number of halogens is 1. The third kappa shape index (κ3) is 2.88. The quantitative estimate of drug-likeness (QED) is 0.696. The van der Waals surface area contributed by atoms with Gasteiger partial charge in [-0.25, -0.2) is 9.07 Å². The standard InChI is InChI=1S/C20H18FN3O2S/c1-13-18(19(26)24(22(13)2)16-6-4-3-5-7-16)23-17(25)12-27-20(23)14-8-10-15(21)11-9-14/h3-11,20H,12H2,1-2H3/t20-/m1/s1. The molecule has 5 nitrogen and oxygen atoms in total. The smallest absolute Gasteiger partial charge is 0.288 e. The SMILES string of the molecule is Cc1c(N2C(=O)CS[C@@H]2c2ccc(F)cc2)c(=O)n(-c2ccccc2)n1C. The summed E-state index contributed by atoms with van der Waals surface area (Å²) < 4.78 is 16.6. The number of aromatic nitrogens is 2. The fourth-order valence-corrected chi connectivity index (χ4v) is 4.53. The molecule has 138 valence electrons. The first-order valence-electron chi connectivity index (χ1n) is 8.52. The predicted octanol–water partition coefficient (Wildman–Crippen LogP) is 3.40. The average Bonchev–Trinajstić information content (AvgIpc) is 3.14. The van der Waals surface area contributed by atoms with E-state index in [-0.39, 0.29) is 28.4 Å². The van der Waals surface area contributed by atoms with Gasteiger partial charge in [0.15, 0.2) is 0 Å². The van der Waals surface area contributed by atoms with Gasteiger partial charge in [-0.1, -0.05) is 30.3 Å². The average molecular weight is 383 g/mol. The van der Waals surface area contributed by atoms with E-state index < -0.39 is 0 Å². The normalized spacial score (nSPS) is 16.9. The van der Waals surface area contributed by atoms with E-state index in [0.29, 0.717) is 11.4 Å². The molecule has 1 atom stereocenters. The minimum atomic E-state index is -0.351. The maximum atomic E-state index is 13.3. The van der Waals surface area contributed by atoms with Crippen molar-refractivity contribution in [3.05, 3.63) is 82.0 Å². The molecule has 7 heteroatoms. The van der Waals surface area contributed by atoms with Gasteiger partial charge in [0.25, 0.3) is 5.56 Å². The third-order valence-electron chi connectivity index (χ3n) is 4.79. The van der Waals surface area contributed by atoms with Gasteiger partial charge in [-0.05, 0) is 36.8 Å². The van der Waals surface area contributed by atoms with Crippen LogP contribution in [0.25, 0.3) is 5.69 Å². The highest BCUT2D eigenvalue weighted by molar-refractivity contribution is 8.00. The predicted molar refractivity (Wildman–Crippen MR) is 105 cm³/mol. The lowest BCUT2D eigenvalue weighted by Crippen LogP contribution is -2.33. The molecule has 1 aliphatic heterocycles. The number of rotatable bonds is 3. The van der Waals surface area contributed by atoms with Crippen LogP contribution in [0.4, 0.5) is 10.1 Å². The molecule has 1 aromatic heterocycles. The van der Waals surface area contributed by atoms with E-state index in [1.54, 1.807) is 33.4 Å². The van der Waals surface area contributed by atoms with Crippen LogP contribution in [-0.4, -0.2) is 21.0 Å². The second-order valence-electron chi connectivity index (χ2n) is 6.39. The number of carbonyl (C=O) groups excluding carboxylic acids is 1. The summed E-state index contributed by atoms with van der Waals surface area (Å²) in [5.41, 5.74) is 2.35. The first-order valence-corrected chi connectivity index (χ1v) is 9.57. The Morgan fingerprint density at radius 3 is 2.37 bits per heavy atom. The van der Waals surface area contributed by atoms with Crippen molar-refractivity contribution in [3.63, 3.8) is 0 Å². The van der Waals surface area contributed by atoms with Crippen molar-refractivity contribution in [2.24, 2.45) is 7.05 Å². The molecule has 0 spiro atoms. The molecule has 0 bridgehead atoms. The zero-order valence-electron chi connectivity index (χ0n) is 14.9. The Morgan fingerprint density at radius 2 is 1.70 bits per heavy atom. The van der Waals surface area contributed by atoms with Crippen LogP contribution in [0.2, 0.25) is 0 Å². The fraction of sp³-hybridized carbons (Fsp3) is 0.200. The fourth-order valence-electron chi connectivity index (χ4n) is 3.37. The molecule has 3 aromatic rings. The molecule has 1 fully saturated rings. The van der Waals surface area contributed by atoms with Crippen LogP contribution in [0.3, 0.4) is 0 Å². The number of anilines is 1. The Hall–Kier alpha value is -2.80. The number of hydrogen-bond acceptors (Lipinski definition) is 3. The number of benzene rings is 2. The Kier molecular flexibility index (Phi) is 4.39. The molecule has 2 aromatic carbocycles. The first kappa shape index (κ1) is 17.6. The summed E-state index contributed by atoms with van der Waals surface area (Å²) in [5, 5.41) is -0.351. The van der Waals surface area contributed by atoms with E-state index in [0.717, 1.165) is 11.3 Å². The van der Waals surface area contributed by atoms with Crippen molar-refractivity contribution >= 4 is 23.4 Å². The second-order valence-corrected chi connectivity index (χ2v) is 7.46. The van der Waals surface area contributed by atoms with E-state index in [1.165, 1.54) is 23.9 Å². The summed E-state index contributed by atoms with van der Waals surface area (Å²) >= 11 is 1.44. The zero-order valence-corrected chi connectivity index (χ0v) is 15.7. The largest absolute Gasteiger partial charge is 0.295 e. The molecule has 27 heavy (non-hydrogen) atoms. The topological polar surface area (TPSA) is 47.2 Å². The molecule has 4 rings (SSSR count). The highest BCUT2D eigenvalue weighted by Gasteiger charge is 2.38. The molecule has 0 unspecified atom stereocenters. The lowest BCUT2D eigenvalue weighted by molar-refractivity contribution is -0.115. The van der Waals surface area contributed by atoms with Crippen molar-refractivity contribution in [2.75, 3.05) is 10.7 Å². The highest BCUT2D eigenvalue weighted by atomic mass is 32.2. The number of amides is 1. The number of hydrogen-bond donors (Lipinski definition) is 0. The molecule has 1 amide bonds. The lowest BCUT2D eigenvalue weighted by atomic mass is 10.2. The molecule has 0 N–H and O–H groups in total. The summed E-state index contributed by atoms with van der Waals surface area (Å²) in [7, 11) is 1.80. The zero-order chi connectivity index (χ0) is 19.1. The molecular weight excluding hydrogens is 365 g/mol. The van der Waals surface area contributed by atoms with Crippen LogP contribution < -0.4 is 10.5 Å². The van der Waals surface area contributed by atoms with Crippen molar-refractivity contribution in [1.82, 2.24) is 9.36 Å². The molecule has 0 saturated carbocycles. The Bertz CT molecular complexity index is 1060. The van der Waals surface area contributed by atoms with Gasteiger partial charge in [-0.3, -0.25) is 19.2 Å². The first-order chi connectivity index (χ1) is 13.0. The summed E-state index contributed by atoms with van der Waals surface area (Å²) in [5.74, 6) is -0.177. The van der Waals surface area contributed by atoms with Crippen molar-refractivity contribution < 1.29 is 9.18 Å². The van der Waals surface area contributed by atoms with Gasteiger partial charge in [0.1, 0.15) is 16.9 Å². The number of nitrogens with zero attached hydrogens (tertiary/aromatic N) is 3. The van der Waals surface area contributed by atoms with Crippen molar-refractivity contribution in [3.8, 4) is 5.69 Å². The lowest BCUT2D eigenvalue weighted by Gasteiger charge is -2.23. The summed E-state index contributed by atoms with van der Waals surface area (Å²) in [6, 6.07) is 15.4. The molecule has 1 saturated heterocycles. The van der Waals surface area contributed by atoms with Gasteiger partial charge in [0.05, 0.1) is 17.1 Å². The van der Waals surface area contributed by atoms with E-state index in [2.05, 4.69) is 0 Å². The molecule has 0 radical (unpaired) electrons. The summed E-state index contributed by atoms with van der Waals surface area (Å²) in [6.45, 7) is 1.83. The van der Waals surface area contributed by atoms with Crippen LogP contribution in [0.5, 0.6) is 0 Å². The molecule has 2 heterocycles. The van der Waals surface area contributed by atoms with E-state index in [1.807, 2.05) is 37.3 Å². The van der Waals surface area contributed by atoms with Crippen molar-refractivity contribution in [1.29, 1.82) is 0 Å². The van der Waals surface area contributed by atoms with Gasteiger partial charge in [0.2, 0.25) is 5.91 Å².